The maximum Gasteiger partial charge on any atom is 0.407 e. The van der Waals surface area contributed by atoms with Gasteiger partial charge in [-0.25, -0.2) is 9.78 Å². The summed E-state index contributed by atoms with van der Waals surface area (Å²) in [4.78, 5) is 33.9. The van der Waals surface area contributed by atoms with Crippen molar-refractivity contribution in [1.82, 2.24) is 19.4 Å². The molecule has 218 valence electrons. The number of anilines is 1. The third kappa shape index (κ3) is 6.23. The highest BCUT2D eigenvalue weighted by Gasteiger charge is 2.42. The van der Waals surface area contributed by atoms with Crippen LogP contribution in [0.4, 0.5) is 10.5 Å². The number of aliphatic hydroxyl groups is 1. The van der Waals surface area contributed by atoms with E-state index in [1.54, 1.807) is 18.3 Å². The van der Waals surface area contributed by atoms with Crippen molar-refractivity contribution < 1.29 is 24.5 Å². The molecule has 3 aromatic rings. The van der Waals surface area contributed by atoms with Gasteiger partial charge in [0.15, 0.2) is 5.69 Å². The number of hydrogen-bond donors (Lipinski definition) is 3. The summed E-state index contributed by atoms with van der Waals surface area (Å²) < 4.78 is 7.39. The molecule has 0 bridgehead atoms. The molecule has 1 aliphatic carbocycles. The number of imidazole rings is 1. The van der Waals surface area contributed by atoms with Crippen LogP contribution in [0.15, 0.2) is 67.0 Å². The van der Waals surface area contributed by atoms with Gasteiger partial charge in [-0.3, -0.25) is 4.79 Å². The number of rotatable bonds is 9. The number of methoxy groups -OCH3 is 1. The molecule has 2 amide bonds. The molecule has 10 nitrogen and oxygen atoms in total. The second kappa shape index (κ2) is 12.7. The number of nitrogens with one attached hydrogen (secondary N) is 1. The third-order valence-corrected chi connectivity index (χ3v) is 8.33. The van der Waals surface area contributed by atoms with Crippen molar-refractivity contribution in [3.8, 4) is 11.3 Å². The Morgan fingerprint density at radius 1 is 1.07 bits per heavy atom. The van der Waals surface area contributed by atoms with Gasteiger partial charge in [-0.15, -0.1) is 0 Å². The van der Waals surface area contributed by atoms with Crippen LogP contribution in [0.2, 0.25) is 0 Å². The summed E-state index contributed by atoms with van der Waals surface area (Å²) >= 11 is 0. The molecule has 2 fully saturated rings. The second-order valence-corrected chi connectivity index (χ2v) is 11.0. The highest BCUT2D eigenvalue weighted by molar-refractivity contribution is 5.98. The number of carbonyl (C=O) groups excluding carboxylic acids is 1. The predicted molar refractivity (Wildman–Crippen MR) is 156 cm³/mol. The number of piperazine rings is 1. The summed E-state index contributed by atoms with van der Waals surface area (Å²) in [7, 11) is 1.59. The minimum atomic E-state index is -1.07. The van der Waals surface area contributed by atoms with Gasteiger partial charge in [0.05, 0.1) is 30.7 Å². The Labute approximate surface area is 240 Å². The van der Waals surface area contributed by atoms with Gasteiger partial charge in [0.1, 0.15) is 5.60 Å². The average molecular weight is 562 g/mol. The quantitative estimate of drug-likeness (QED) is 0.355. The normalized spacial score (nSPS) is 22.9. The van der Waals surface area contributed by atoms with E-state index < -0.39 is 11.7 Å². The van der Waals surface area contributed by atoms with Crippen LogP contribution in [0.3, 0.4) is 0 Å². The van der Waals surface area contributed by atoms with E-state index in [0.29, 0.717) is 30.8 Å². The summed E-state index contributed by atoms with van der Waals surface area (Å²) in [5.41, 5.74) is 1.71. The van der Waals surface area contributed by atoms with Gasteiger partial charge in [-0.05, 0) is 31.4 Å². The van der Waals surface area contributed by atoms with Gasteiger partial charge >= 0.3 is 6.09 Å². The zero-order chi connectivity index (χ0) is 28.8. The number of benzene rings is 2. The minimum absolute atomic E-state index is 0.195. The summed E-state index contributed by atoms with van der Waals surface area (Å²) in [5, 5.41) is 24.7. The van der Waals surface area contributed by atoms with Crippen molar-refractivity contribution in [2.45, 2.75) is 49.8 Å². The van der Waals surface area contributed by atoms with Gasteiger partial charge in [-0.2, -0.15) is 0 Å². The van der Waals surface area contributed by atoms with E-state index in [9.17, 15) is 19.8 Å². The number of aromatic nitrogens is 2. The second-order valence-electron chi connectivity index (χ2n) is 11.0. The van der Waals surface area contributed by atoms with Crippen molar-refractivity contribution in [2.24, 2.45) is 0 Å². The predicted octanol–water partition coefficient (Wildman–Crippen LogP) is 4.35. The van der Waals surface area contributed by atoms with E-state index in [1.165, 1.54) is 4.90 Å². The first-order valence-electron chi connectivity index (χ1n) is 14.3. The number of amides is 2. The Morgan fingerprint density at radius 2 is 1.80 bits per heavy atom. The molecular formula is C31H39N5O5. The molecular weight excluding hydrogens is 522 g/mol. The standard InChI is InChI=1S/C31H39N5O5/c1-41-21-31(40)16-9-8-14-26(31)36-22-33-27(28(36)23-10-4-2-5-11-23)29(37)35-19-18-34(30(38)39)20-25(35)15-17-32-24-12-6-3-7-13-24/h2-7,10-13,22,25-26,32,40H,8-9,14-21H2,1H3,(H,38,39)/t25-,26-,31-/m1/s1. The first-order chi connectivity index (χ1) is 19.9. The van der Waals surface area contributed by atoms with Crippen molar-refractivity contribution in [1.29, 1.82) is 0 Å². The lowest BCUT2D eigenvalue weighted by Gasteiger charge is -2.41. The van der Waals surface area contributed by atoms with E-state index >= 15 is 0 Å². The fourth-order valence-electron chi connectivity index (χ4n) is 6.27. The molecule has 10 heteroatoms. The van der Waals surface area contributed by atoms with E-state index in [1.807, 2.05) is 65.2 Å². The number of carboxylic acid groups (broad SMARTS) is 1. The van der Waals surface area contributed by atoms with Crippen molar-refractivity contribution >= 4 is 17.7 Å². The fraction of sp³-hybridized carbons (Fsp3) is 0.452. The Hall–Kier alpha value is -3.89. The summed E-state index contributed by atoms with van der Waals surface area (Å²) in [6, 6.07) is 18.9. The van der Waals surface area contributed by atoms with Gasteiger partial charge in [0, 0.05) is 44.5 Å². The molecule has 1 aliphatic heterocycles. The molecule has 41 heavy (non-hydrogen) atoms. The van der Waals surface area contributed by atoms with Crippen LogP contribution in [0.5, 0.6) is 0 Å². The molecule has 2 aliphatic rings. The molecule has 3 atom stereocenters. The van der Waals surface area contributed by atoms with Gasteiger partial charge < -0.3 is 34.6 Å². The lowest BCUT2D eigenvalue weighted by atomic mass is 9.80. The van der Waals surface area contributed by atoms with Crippen LogP contribution in [0, 0.1) is 0 Å². The maximum absolute atomic E-state index is 14.3. The van der Waals surface area contributed by atoms with E-state index in [-0.39, 0.29) is 44.2 Å². The number of nitrogens with zero attached hydrogens (tertiary/aromatic N) is 4. The van der Waals surface area contributed by atoms with Crippen LogP contribution >= 0.6 is 0 Å². The van der Waals surface area contributed by atoms with E-state index in [4.69, 9.17) is 4.74 Å². The van der Waals surface area contributed by atoms with Crippen LogP contribution in [-0.2, 0) is 4.74 Å². The van der Waals surface area contributed by atoms with Gasteiger partial charge in [-0.1, -0.05) is 61.4 Å². The van der Waals surface area contributed by atoms with Crippen molar-refractivity contribution in [2.75, 3.05) is 45.2 Å². The lowest BCUT2D eigenvalue weighted by Crippen LogP contribution is -2.56. The van der Waals surface area contributed by atoms with E-state index in [0.717, 1.165) is 30.5 Å². The molecule has 5 rings (SSSR count). The summed E-state index contributed by atoms with van der Waals surface area (Å²) in [6.07, 6.45) is 4.48. The smallest absolute Gasteiger partial charge is 0.407 e. The minimum Gasteiger partial charge on any atom is -0.465 e. The first-order valence-corrected chi connectivity index (χ1v) is 14.3. The van der Waals surface area contributed by atoms with Crippen LogP contribution < -0.4 is 5.32 Å². The fourth-order valence-corrected chi connectivity index (χ4v) is 6.27. The molecule has 2 heterocycles. The molecule has 0 radical (unpaired) electrons. The zero-order valence-corrected chi connectivity index (χ0v) is 23.5. The van der Waals surface area contributed by atoms with Crippen LogP contribution in [0.25, 0.3) is 11.3 Å². The molecule has 1 aromatic heterocycles. The SMILES string of the molecule is COC[C@]1(O)CCCC[C@H]1n1cnc(C(=O)N2CCN(C(=O)O)C[C@H]2CCNc2ccccc2)c1-c1ccccc1. The van der Waals surface area contributed by atoms with Crippen LogP contribution in [-0.4, -0.2) is 93.1 Å². The van der Waals surface area contributed by atoms with Crippen LogP contribution in [0.1, 0.15) is 48.6 Å². The molecule has 0 unspecified atom stereocenters. The van der Waals surface area contributed by atoms with Crippen molar-refractivity contribution in [3.63, 3.8) is 0 Å². The average Bonchev–Trinajstić information content (AvgIpc) is 3.43. The number of para-hydroxylation sites is 1. The Kier molecular flexibility index (Phi) is 8.90. The highest BCUT2D eigenvalue weighted by Crippen LogP contribution is 2.41. The van der Waals surface area contributed by atoms with Gasteiger partial charge in [0.2, 0.25) is 0 Å². The Bertz CT molecular complexity index is 1310. The Morgan fingerprint density at radius 3 is 2.51 bits per heavy atom. The zero-order valence-electron chi connectivity index (χ0n) is 23.5. The highest BCUT2D eigenvalue weighted by atomic mass is 16.5. The third-order valence-electron chi connectivity index (χ3n) is 8.33. The number of ether oxygens (including phenoxy) is 1. The number of carbonyl (C=O) groups is 2. The largest absolute Gasteiger partial charge is 0.465 e. The number of hydrogen-bond acceptors (Lipinski definition) is 6. The molecule has 3 N–H and O–H groups in total. The van der Waals surface area contributed by atoms with E-state index in [2.05, 4.69) is 10.3 Å². The molecule has 0 spiro atoms. The summed E-state index contributed by atoms with van der Waals surface area (Å²) in [5.74, 6) is -0.233. The monoisotopic (exact) mass is 561 g/mol. The van der Waals surface area contributed by atoms with Gasteiger partial charge in [0.25, 0.3) is 5.91 Å². The Balaban J connectivity index is 1.46. The lowest BCUT2D eigenvalue weighted by molar-refractivity contribution is -0.0893. The molecule has 1 saturated carbocycles. The van der Waals surface area contributed by atoms with Crippen molar-refractivity contribution in [3.05, 3.63) is 72.7 Å². The topological polar surface area (TPSA) is 120 Å². The molecule has 2 aromatic carbocycles. The molecule has 1 saturated heterocycles. The summed E-state index contributed by atoms with van der Waals surface area (Å²) in [6.45, 7) is 1.52. The first kappa shape index (κ1) is 28.6. The maximum atomic E-state index is 14.3.